The summed E-state index contributed by atoms with van der Waals surface area (Å²) in [6, 6.07) is 5.76. The highest BCUT2D eigenvalue weighted by molar-refractivity contribution is 5.86. The summed E-state index contributed by atoms with van der Waals surface area (Å²) in [6.45, 7) is 0. The number of carbonyl (C=O) groups is 2. The van der Waals surface area contributed by atoms with E-state index in [-0.39, 0.29) is 19.3 Å². The number of rotatable bonds is 8. The fourth-order valence-corrected chi connectivity index (χ4v) is 2.45. The minimum absolute atomic E-state index is 0.0244. The Hall–Kier alpha value is -2.42. The first kappa shape index (κ1) is 17.9. The molecule has 0 saturated heterocycles. The molecular weight excluding hydrogens is 314 g/mol. The van der Waals surface area contributed by atoms with Crippen LogP contribution >= 0.6 is 0 Å². The van der Waals surface area contributed by atoms with E-state index in [1.54, 1.807) is 6.20 Å². The predicted octanol–water partition coefficient (Wildman–Crippen LogP) is -1.02. The SMILES string of the molecule is [NH3+][C@H](CCC(=O)N[C@@H](Cc1c[nH]c2ccccc12)C(=O)O)C(O)O. The van der Waals surface area contributed by atoms with Crippen molar-refractivity contribution in [1.82, 2.24) is 10.3 Å². The number of hydrogen-bond acceptors (Lipinski definition) is 4. The number of quaternary nitrogens is 1. The Morgan fingerprint density at radius 3 is 2.62 bits per heavy atom. The number of hydrogen-bond donors (Lipinski definition) is 6. The molecule has 24 heavy (non-hydrogen) atoms. The van der Waals surface area contributed by atoms with Crippen LogP contribution in [0.3, 0.4) is 0 Å². The smallest absolute Gasteiger partial charge is 0.326 e. The van der Waals surface area contributed by atoms with Crippen LogP contribution in [-0.2, 0) is 16.0 Å². The van der Waals surface area contributed by atoms with Gasteiger partial charge < -0.3 is 31.4 Å². The largest absolute Gasteiger partial charge is 0.480 e. The first-order valence-electron chi connectivity index (χ1n) is 7.65. The van der Waals surface area contributed by atoms with E-state index < -0.39 is 30.3 Å². The Labute approximate surface area is 138 Å². The first-order chi connectivity index (χ1) is 11.4. The number of para-hydroxylation sites is 1. The normalized spacial score (nSPS) is 13.8. The summed E-state index contributed by atoms with van der Waals surface area (Å²) < 4.78 is 0. The monoisotopic (exact) mass is 336 g/mol. The molecular formula is C16H22N3O5+. The summed E-state index contributed by atoms with van der Waals surface area (Å²) in [6.07, 6.45) is 0.425. The van der Waals surface area contributed by atoms with Gasteiger partial charge in [0.05, 0.1) is 0 Å². The molecule has 8 heteroatoms. The number of amides is 1. The molecule has 0 bridgehead atoms. The standard InChI is InChI=1S/C16H21N3O5/c17-11(15(21)22)5-6-14(20)19-13(16(23)24)7-9-8-18-12-4-2-1-3-10(9)12/h1-4,8,11,13,15,18,21-22H,5-7,17H2,(H,19,20)(H,23,24)/p+1/t11-,13+/m1/s1. The molecule has 8 nitrogen and oxygen atoms in total. The fourth-order valence-electron chi connectivity index (χ4n) is 2.45. The number of benzene rings is 1. The minimum Gasteiger partial charge on any atom is -0.480 e. The molecule has 0 aliphatic carbocycles. The van der Waals surface area contributed by atoms with E-state index >= 15 is 0 Å². The summed E-state index contributed by atoms with van der Waals surface area (Å²) in [4.78, 5) is 26.4. The maximum Gasteiger partial charge on any atom is 0.326 e. The van der Waals surface area contributed by atoms with Crippen molar-refractivity contribution in [2.45, 2.75) is 37.6 Å². The molecule has 1 amide bonds. The van der Waals surface area contributed by atoms with Crippen LogP contribution in [0.4, 0.5) is 0 Å². The van der Waals surface area contributed by atoms with Gasteiger partial charge in [-0.25, -0.2) is 4.79 Å². The van der Waals surface area contributed by atoms with Crippen LogP contribution in [0, 0.1) is 0 Å². The van der Waals surface area contributed by atoms with Crippen LogP contribution in [0.15, 0.2) is 30.5 Å². The lowest BCUT2D eigenvalue weighted by atomic mass is 10.0. The number of aliphatic hydroxyl groups is 2. The number of carboxylic acid groups (broad SMARTS) is 1. The van der Waals surface area contributed by atoms with E-state index in [1.807, 2.05) is 24.3 Å². The summed E-state index contributed by atoms with van der Waals surface area (Å²) >= 11 is 0. The van der Waals surface area contributed by atoms with E-state index in [4.69, 9.17) is 10.2 Å². The van der Waals surface area contributed by atoms with Crippen LogP contribution in [-0.4, -0.2) is 50.6 Å². The molecule has 2 rings (SSSR count). The molecule has 0 saturated carbocycles. The van der Waals surface area contributed by atoms with Gasteiger partial charge in [-0.15, -0.1) is 0 Å². The average Bonchev–Trinajstić information content (AvgIpc) is 2.95. The molecule has 0 fully saturated rings. The number of H-pyrrole nitrogens is 1. The van der Waals surface area contributed by atoms with Gasteiger partial charge in [-0.05, 0) is 11.6 Å². The van der Waals surface area contributed by atoms with Crippen molar-refractivity contribution in [3.63, 3.8) is 0 Å². The molecule has 8 N–H and O–H groups in total. The number of aromatic nitrogens is 1. The topological polar surface area (TPSA) is 150 Å². The van der Waals surface area contributed by atoms with Gasteiger partial charge in [-0.3, -0.25) is 4.79 Å². The van der Waals surface area contributed by atoms with Crippen molar-refractivity contribution in [2.24, 2.45) is 0 Å². The second kappa shape index (κ2) is 7.91. The van der Waals surface area contributed by atoms with Crippen LogP contribution in [0.1, 0.15) is 18.4 Å². The third-order valence-corrected chi connectivity index (χ3v) is 3.90. The highest BCUT2D eigenvalue weighted by Crippen LogP contribution is 2.19. The molecule has 0 aliphatic heterocycles. The molecule has 0 radical (unpaired) electrons. The maximum atomic E-state index is 11.9. The van der Waals surface area contributed by atoms with Crippen molar-refractivity contribution < 1.29 is 30.6 Å². The van der Waals surface area contributed by atoms with Crippen molar-refractivity contribution in [2.75, 3.05) is 0 Å². The molecule has 0 aliphatic rings. The van der Waals surface area contributed by atoms with Gasteiger partial charge in [0.2, 0.25) is 12.2 Å². The van der Waals surface area contributed by atoms with E-state index in [0.29, 0.717) is 0 Å². The van der Waals surface area contributed by atoms with Gasteiger partial charge in [0.15, 0.2) is 0 Å². The number of aliphatic hydroxyl groups excluding tert-OH is 1. The molecule has 0 unspecified atom stereocenters. The Kier molecular flexibility index (Phi) is 5.91. The van der Waals surface area contributed by atoms with Crippen LogP contribution in [0.25, 0.3) is 10.9 Å². The Morgan fingerprint density at radius 1 is 1.25 bits per heavy atom. The minimum atomic E-state index is -1.60. The lowest BCUT2D eigenvalue weighted by Gasteiger charge is -2.15. The lowest BCUT2D eigenvalue weighted by molar-refractivity contribution is -0.457. The molecule has 1 aromatic carbocycles. The quantitative estimate of drug-likeness (QED) is 0.341. The van der Waals surface area contributed by atoms with E-state index in [2.05, 4.69) is 16.0 Å². The number of carboxylic acids is 1. The second-order valence-corrected chi connectivity index (χ2v) is 5.73. The van der Waals surface area contributed by atoms with Crippen molar-refractivity contribution >= 4 is 22.8 Å². The molecule has 2 aromatic rings. The zero-order chi connectivity index (χ0) is 17.7. The molecule has 130 valence electrons. The Bertz CT molecular complexity index is 713. The summed E-state index contributed by atoms with van der Waals surface area (Å²) in [7, 11) is 0. The van der Waals surface area contributed by atoms with Crippen LogP contribution < -0.4 is 11.1 Å². The summed E-state index contributed by atoms with van der Waals surface area (Å²) in [5, 5.41) is 30.6. The number of nitrogens with one attached hydrogen (secondary N) is 2. The fraction of sp³-hybridized carbons (Fsp3) is 0.375. The highest BCUT2D eigenvalue weighted by atomic mass is 16.5. The van der Waals surface area contributed by atoms with Crippen LogP contribution in [0.2, 0.25) is 0 Å². The maximum absolute atomic E-state index is 11.9. The second-order valence-electron chi connectivity index (χ2n) is 5.73. The molecule has 1 heterocycles. The third kappa shape index (κ3) is 4.54. The molecule has 0 spiro atoms. The zero-order valence-electron chi connectivity index (χ0n) is 13.1. The predicted molar refractivity (Wildman–Crippen MR) is 85.7 cm³/mol. The average molecular weight is 336 g/mol. The van der Waals surface area contributed by atoms with Crippen molar-refractivity contribution in [1.29, 1.82) is 0 Å². The van der Waals surface area contributed by atoms with Crippen molar-refractivity contribution in [3.05, 3.63) is 36.0 Å². The van der Waals surface area contributed by atoms with Crippen molar-refractivity contribution in [3.8, 4) is 0 Å². The summed E-state index contributed by atoms with van der Waals surface area (Å²) in [5.74, 6) is -1.58. The van der Waals surface area contributed by atoms with E-state index in [9.17, 15) is 14.7 Å². The van der Waals surface area contributed by atoms with Gasteiger partial charge in [0, 0.05) is 36.4 Å². The number of carbonyl (C=O) groups excluding carboxylic acids is 1. The van der Waals surface area contributed by atoms with Gasteiger partial charge in [0.1, 0.15) is 12.1 Å². The van der Waals surface area contributed by atoms with E-state index in [0.717, 1.165) is 16.5 Å². The van der Waals surface area contributed by atoms with Gasteiger partial charge >= 0.3 is 5.97 Å². The zero-order valence-corrected chi connectivity index (χ0v) is 13.1. The molecule has 2 atom stereocenters. The van der Waals surface area contributed by atoms with Gasteiger partial charge in [0.25, 0.3) is 0 Å². The van der Waals surface area contributed by atoms with Gasteiger partial charge in [-0.2, -0.15) is 0 Å². The highest BCUT2D eigenvalue weighted by Gasteiger charge is 2.23. The Morgan fingerprint density at radius 2 is 1.96 bits per heavy atom. The van der Waals surface area contributed by atoms with E-state index in [1.165, 1.54) is 0 Å². The number of aromatic amines is 1. The number of fused-ring (bicyclic) bond motifs is 1. The lowest BCUT2D eigenvalue weighted by Crippen LogP contribution is -2.66. The summed E-state index contributed by atoms with van der Waals surface area (Å²) in [5.41, 5.74) is 5.23. The van der Waals surface area contributed by atoms with Crippen LogP contribution in [0.5, 0.6) is 0 Å². The Balaban J connectivity index is 1.99. The number of aliphatic carboxylic acids is 1. The van der Waals surface area contributed by atoms with Gasteiger partial charge in [-0.1, -0.05) is 18.2 Å². The first-order valence-corrected chi connectivity index (χ1v) is 7.65. The molecule has 1 aromatic heterocycles. The third-order valence-electron chi connectivity index (χ3n) is 3.90.